The summed E-state index contributed by atoms with van der Waals surface area (Å²) in [6.07, 6.45) is 2.31. The zero-order valence-electron chi connectivity index (χ0n) is 10.7. The molecule has 0 saturated carbocycles. The lowest BCUT2D eigenvalue weighted by Crippen LogP contribution is -2.19. The Hall–Kier alpha value is -1.29. The summed E-state index contributed by atoms with van der Waals surface area (Å²) in [6, 6.07) is 3.25. The first-order valence-electron chi connectivity index (χ1n) is 6.07. The van der Waals surface area contributed by atoms with Crippen molar-refractivity contribution in [2.24, 2.45) is 5.92 Å². The molecule has 0 aliphatic heterocycles. The van der Waals surface area contributed by atoms with Crippen molar-refractivity contribution < 1.29 is 14.3 Å². The van der Waals surface area contributed by atoms with Gasteiger partial charge in [-0.25, -0.2) is 4.79 Å². The van der Waals surface area contributed by atoms with Crippen LogP contribution in [-0.2, 0) is 0 Å². The van der Waals surface area contributed by atoms with Gasteiger partial charge in [-0.2, -0.15) is 0 Å². The van der Waals surface area contributed by atoms with Gasteiger partial charge < -0.3 is 14.8 Å². The maximum Gasteiger partial charge on any atom is 0.371 e. The normalized spacial score (nSPS) is 12.9. The molecule has 96 valence electrons. The lowest BCUT2D eigenvalue weighted by molar-refractivity contribution is 0.0659. The highest BCUT2D eigenvalue weighted by molar-refractivity contribution is 5.84. The van der Waals surface area contributed by atoms with Crippen molar-refractivity contribution in [3.05, 3.63) is 23.7 Å². The standard InChI is InChI=1S/C13H21NO3/c1-9(2)5-4-8-14-10(3)11-6-7-12(17-11)13(15)16/h6-7,9-10,14H,4-5,8H2,1-3H3,(H,15,16). The van der Waals surface area contributed by atoms with Crippen LogP contribution in [0, 0.1) is 5.92 Å². The molecule has 0 amide bonds. The highest BCUT2D eigenvalue weighted by Crippen LogP contribution is 2.16. The molecule has 0 fully saturated rings. The summed E-state index contributed by atoms with van der Waals surface area (Å²) < 4.78 is 5.22. The average molecular weight is 239 g/mol. The fourth-order valence-corrected chi connectivity index (χ4v) is 1.63. The third-order valence-corrected chi connectivity index (χ3v) is 2.67. The van der Waals surface area contributed by atoms with E-state index in [0.29, 0.717) is 11.7 Å². The molecule has 0 aromatic carbocycles. The number of hydrogen-bond acceptors (Lipinski definition) is 3. The van der Waals surface area contributed by atoms with Crippen LogP contribution >= 0.6 is 0 Å². The first kappa shape index (κ1) is 13.8. The van der Waals surface area contributed by atoms with Crippen molar-refractivity contribution in [2.75, 3.05) is 6.54 Å². The minimum atomic E-state index is -1.02. The Morgan fingerprint density at radius 2 is 2.12 bits per heavy atom. The summed E-state index contributed by atoms with van der Waals surface area (Å²) in [5, 5.41) is 12.1. The molecular weight excluding hydrogens is 218 g/mol. The van der Waals surface area contributed by atoms with Crippen LogP contribution in [0.2, 0.25) is 0 Å². The maximum absolute atomic E-state index is 10.7. The molecule has 1 aromatic heterocycles. The smallest absolute Gasteiger partial charge is 0.371 e. The number of carboxylic acid groups (broad SMARTS) is 1. The Labute approximate surface area is 102 Å². The van der Waals surface area contributed by atoms with E-state index in [1.807, 2.05) is 6.92 Å². The predicted molar refractivity (Wildman–Crippen MR) is 66.2 cm³/mol. The van der Waals surface area contributed by atoms with Gasteiger partial charge in [0.25, 0.3) is 0 Å². The number of carbonyl (C=O) groups is 1. The molecule has 0 saturated heterocycles. The second-order valence-electron chi connectivity index (χ2n) is 4.72. The van der Waals surface area contributed by atoms with E-state index in [1.54, 1.807) is 6.07 Å². The van der Waals surface area contributed by atoms with Gasteiger partial charge in [0.2, 0.25) is 5.76 Å². The first-order chi connectivity index (χ1) is 8.00. The molecule has 4 nitrogen and oxygen atoms in total. The zero-order chi connectivity index (χ0) is 12.8. The van der Waals surface area contributed by atoms with Gasteiger partial charge in [0, 0.05) is 0 Å². The highest BCUT2D eigenvalue weighted by Gasteiger charge is 2.13. The molecule has 1 rings (SSSR count). The second-order valence-corrected chi connectivity index (χ2v) is 4.72. The van der Waals surface area contributed by atoms with Crippen LogP contribution in [0.5, 0.6) is 0 Å². The summed E-state index contributed by atoms with van der Waals surface area (Å²) in [6.45, 7) is 7.30. The van der Waals surface area contributed by atoms with Crippen LogP contribution in [0.3, 0.4) is 0 Å². The quantitative estimate of drug-likeness (QED) is 0.718. The Morgan fingerprint density at radius 3 is 2.65 bits per heavy atom. The third-order valence-electron chi connectivity index (χ3n) is 2.67. The molecule has 0 aliphatic carbocycles. The fraction of sp³-hybridized carbons (Fsp3) is 0.615. The van der Waals surface area contributed by atoms with Crippen molar-refractivity contribution >= 4 is 5.97 Å². The topological polar surface area (TPSA) is 62.5 Å². The van der Waals surface area contributed by atoms with Gasteiger partial charge in [0.05, 0.1) is 6.04 Å². The molecular formula is C13H21NO3. The number of carboxylic acids is 1. The van der Waals surface area contributed by atoms with Gasteiger partial charge in [-0.15, -0.1) is 0 Å². The summed E-state index contributed by atoms with van der Waals surface area (Å²) in [4.78, 5) is 10.7. The van der Waals surface area contributed by atoms with Crippen molar-refractivity contribution in [1.29, 1.82) is 0 Å². The van der Waals surface area contributed by atoms with E-state index < -0.39 is 5.97 Å². The van der Waals surface area contributed by atoms with Crippen molar-refractivity contribution in [2.45, 2.75) is 39.7 Å². The van der Waals surface area contributed by atoms with Gasteiger partial charge in [-0.05, 0) is 44.4 Å². The number of nitrogens with one attached hydrogen (secondary N) is 1. The van der Waals surface area contributed by atoms with E-state index in [1.165, 1.54) is 12.5 Å². The van der Waals surface area contributed by atoms with Gasteiger partial charge in [-0.3, -0.25) is 0 Å². The van der Waals surface area contributed by atoms with Crippen LogP contribution < -0.4 is 5.32 Å². The van der Waals surface area contributed by atoms with Gasteiger partial charge in [0.1, 0.15) is 5.76 Å². The van der Waals surface area contributed by atoms with Gasteiger partial charge >= 0.3 is 5.97 Å². The predicted octanol–water partition coefficient (Wildman–Crippen LogP) is 3.06. The molecule has 4 heteroatoms. The molecule has 0 spiro atoms. The molecule has 0 aliphatic rings. The van der Waals surface area contributed by atoms with E-state index in [0.717, 1.165) is 13.0 Å². The Balaban J connectivity index is 2.36. The summed E-state index contributed by atoms with van der Waals surface area (Å²) in [5.74, 6) is 0.361. The first-order valence-corrected chi connectivity index (χ1v) is 6.07. The van der Waals surface area contributed by atoms with Gasteiger partial charge in [-0.1, -0.05) is 13.8 Å². The Morgan fingerprint density at radius 1 is 1.41 bits per heavy atom. The highest BCUT2D eigenvalue weighted by atomic mass is 16.4. The SMILES string of the molecule is CC(C)CCCNC(C)c1ccc(C(=O)O)o1. The Kier molecular flexibility index (Phi) is 5.22. The molecule has 0 radical (unpaired) electrons. The van der Waals surface area contributed by atoms with Crippen LogP contribution in [0.25, 0.3) is 0 Å². The summed E-state index contributed by atoms with van der Waals surface area (Å²) >= 11 is 0. The molecule has 1 atom stereocenters. The fourth-order valence-electron chi connectivity index (χ4n) is 1.63. The second kappa shape index (κ2) is 6.45. The molecule has 1 unspecified atom stereocenters. The molecule has 0 bridgehead atoms. The van der Waals surface area contributed by atoms with Gasteiger partial charge in [0.15, 0.2) is 0 Å². The largest absolute Gasteiger partial charge is 0.475 e. The number of aromatic carboxylic acids is 1. The number of rotatable bonds is 7. The van der Waals surface area contributed by atoms with E-state index in [9.17, 15) is 4.79 Å². The molecule has 2 N–H and O–H groups in total. The minimum Gasteiger partial charge on any atom is -0.475 e. The minimum absolute atomic E-state index is 0.00386. The van der Waals surface area contributed by atoms with Crippen LogP contribution in [-0.4, -0.2) is 17.6 Å². The van der Waals surface area contributed by atoms with E-state index in [-0.39, 0.29) is 11.8 Å². The lowest BCUT2D eigenvalue weighted by Gasteiger charge is -2.11. The van der Waals surface area contributed by atoms with Crippen molar-refractivity contribution in [1.82, 2.24) is 5.32 Å². The van der Waals surface area contributed by atoms with E-state index >= 15 is 0 Å². The molecule has 1 aromatic rings. The average Bonchev–Trinajstić information content (AvgIpc) is 2.73. The van der Waals surface area contributed by atoms with Crippen molar-refractivity contribution in [3.63, 3.8) is 0 Å². The third kappa shape index (κ3) is 4.61. The van der Waals surface area contributed by atoms with Crippen LogP contribution in [0.1, 0.15) is 56.0 Å². The molecule has 1 heterocycles. The Bertz CT molecular complexity index is 357. The zero-order valence-corrected chi connectivity index (χ0v) is 10.7. The molecule has 17 heavy (non-hydrogen) atoms. The number of furan rings is 1. The van der Waals surface area contributed by atoms with E-state index in [4.69, 9.17) is 9.52 Å². The monoisotopic (exact) mass is 239 g/mol. The van der Waals surface area contributed by atoms with Crippen molar-refractivity contribution in [3.8, 4) is 0 Å². The van der Waals surface area contributed by atoms with Crippen LogP contribution in [0.15, 0.2) is 16.5 Å². The lowest BCUT2D eigenvalue weighted by atomic mass is 10.1. The van der Waals surface area contributed by atoms with Crippen LogP contribution in [0.4, 0.5) is 0 Å². The summed E-state index contributed by atoms with van der Waals surface area (Å²) in [5.41, 5.74) is 0. The number of hydrogen-bond donors (Lipinski definition) is 2. The van der Waals surface area contributed by atoms with E-state index in [2.05, 4.69) is 19.2 Å². The summed E-state index contributed by atoms with van der Waals surface area (Å²) in [7, 11) is 0. The maximum atomic E-state index is 10.7.